The molecule has 0 atom stereocenters. The number of carbonyl (C=O) groups excluding carboxylic acids is 1. The Morgan fingerprint density at radius 2 is 2.00 bits per heavy atom. The minimum atomic E-state index is -0.125. The predicted molar refractivity (Wildman–Crippen MR) is 83.2 cm³/mol. The highest BCUT2D eigenvalue weighted by molar-refractivity contribution is 5.92. The molecule has 2 aromatic heterocycles. The van der Waals surface area contributed by atoms with E-state index in [9.17, 15) is 4.79 Å². The summed E-state index contributed by atoms with van der Waals surface area (Å²) in [6.07, 6.45) is 3.54. The van der Waals surface area contributed by atoms with Gasteiger partial charge in [-0.25, -0.2) is 4.98 Å². The molecule has 0 saturated heterocycles. The van der Waals surface area contributed by atoms with Crippen molar-refractivity contribution in [1.82, 2.24) is 9.97 Å². The van der Waals surface area contributed by atoms with Gasteiger partial charge < -0.3 is 9.73 Å². The van der Waals surface area contributed by atoms with E-state index < -0.39 is 0 Å². The molecule has 22 heavy (non-hydrogen) atoms. The Hall–Kier alpha value is -2.95. The van der Waals surface area contributed by atoms with Crippen molar-refractivity contribution in [2.24, 2.45) is 0 Å². The first-order valence-corrected chi connectivity index (χ1v) is 6.94. The third-order valence-corrected chi connectivity index (χ3v) is 3.19. The lowest BCUT2D eigenvalue weighted by molar-refractivity contribution is -0.115. The minimum Gasteiger partial charge on any atom is -0.441 e. The third-order valence-electron chi connectivity index (χ3n) is 3.19. The topological polar surface area (TPSA) is 68.0 Å². The quantitative estimate of drug-likeness (QED) is 0.802. The second-order valence-electron chi connectivity index (χ2n) is 4.85. The van der Waals surface area contributed by atoms with Gasteiger partial charge in [0, 0.05) is 18.1 Å². The molecule has 2 heterocycles. The number of aryl methyl sites for hydroxylation is 1. The highest BCUT2D eigenvalue weighted by atomic mass is 16.4. The van der Waals surface area contributed by atoms with Gasteiger partial charge in [0.05, 0.1) is 17.7 Å². The normalized spacial score (nSPS) is 10.4. The van der Waals surface area contributed by atoms with Crippen LogP contribution in [0.25, 0.3) is 11.5 Å². The van der Waals surface area contributed by atoms with Gasteiger partial charge in [0.25, 0.3) is 0 Å². The van der Waals surface area contributed by atoms with Crippen molar-refractivity contribution in [1.29, 1.82) is 0 Å². The lowest BCUT2D eigenvalue weighted by Crippen LogP contribution is -2.15. The summed E-state index contributed by atoms with van der Waals surface area (Å²) < 4.78 is 5.62. The molecular weight excluding hydrogens is 278 g/mol. The Morgan fingerprint density at radius 1 is 1.18 bits per heavy atom. The van der Waals surface area contributed by atoms with Crippen LogP contribution < -0.4 is 5.32 Å². The van der Waals surface area contributed by atoms with Gasteiger partial charge in [-0.05, 0) is 31.2 Å². The van der Waals surface area contributed by atoms with Crippen LogP contribution in [0.15, 0.2) is 59.3 Å². The van der Waals surface area contributed by atoms with Crippen molar-refractivity contribution >= 4 is 11.6 Å². The van der Waals surface area contributed by atoms with Crippen LogP contribution in [-0.4, -0.2) is 15.9 Å². The number of aromatic nitrogens is 2. The maximum absolute atomic E-state index is 12.1. The van der Waals surface area contributed by atoms with Crippen molar-refractivity contribution in [3.8, 4) is 11.5 Å². The number of para-hydroxylation sites is 1. The van der Waals surface area contributed by atoms with Crippen molar-refractivity contribution in [2.75, 3.05) is 5.32 Å². The fourth-order valence-corrected chi connectivity index (χ4v) is 2.08. The molecule has 5 nitrogen and oxygen atoms in total. The van der Waals surface area contributed by atoms with Crippen LogP contribution in [0.3, 0.4) is 0 Å². The summed E-state index contributed by atoms with van der Waals surface area (Å²) in [6.45, 7) is 1.80. The molecule has 0 aliphatic carbocycles. The second-order valence-corrected chi connectivity index (χ2v) is 4.85. The first-order chi connectivity index (χ1) is 10.7. The SMILES string of the molecule is Cc1oc(-c2cccnc2)nc1CC(=O)Nc1ccccc1. The molecule has 0 fully saturated rings. The molecule has 0 radical (unpaired) electrons. The summed E-state index contributed by atoms with van der Waals surface area (Å²) >= 11 is 0. The van der Waals surface area contributed by atoms with Crippen LogP contribution in [-0.2, 0) is 11.2 Å². The number of oxazole rings is 1. The Balaban J connectivity index is 1.73. The van der Waals surface area contributed by atoms with Crippen molar-refractivity contribution in [2.45, 2.75) is 13.3 Å². The summed E-state index contributed by atoms with van der Waals surface area (Å²) in [7, 11) is 0. The van der Waals surface area contributed by atoms with Gasteiger partial charge in [-0.2, -0.15) is 0 Å². The number of hydrogen-bond donors (Lipinski definition) is 1. The van der Waals surface area contributed by atoms with Crippen molar-refractivity contribution < 1.29 is 9.21 Å². The summed E-state index contributed by atoms with van der Waals surface area (Å²) in [6, 6.07) is 13.0. The molecule has 3 rings (SSSR count). The smallest absolute Gasteiger partial charge is 0.230 e. The number of nitrogens with zero attached hydrogens (tertiary/aromatic N) is 2. The fourth-order valence-electron chi connectivity index (χ4n) is 2.08. The largest absolute Gasteiger partial charge is 0.441 e. The number of anilines is 1. The second kappa shape index (κ2) is 6.22. The van der Waals surface area contributed by atoms with E-state index >= 15 is 0 Å². The molecule has 0 aliphatic heterocycles. The van der Waals surface area contributed by atoms with Crippen LogP contribution >= 0.6 is 0 Å². The maximum Gasteiger partial charge on any atom is 0.230 e. The Labute approximate surface area is 128 Å². The standard InChI is InChI=1S/C17H15N3O2/c1-12-15(10-16(21)19-14-7-3-2-4-8-14)20-17(22-12)13-6-5-9-18-11-13/h2-9,11H,10H2,1H3,(H,19,21). The number of carbonyl (C=O) groups is 1. The van der Waals surface area contributed by atoms with E-state index in [1.165, 1.54) is 0 Å². The lowest BCUT2D eigenvalue weighted by Gasteiger charge is -2.03. The highest BCUT2D eigenvalue weighted by Crippen LogP contribution is 2.21. The van der Waals surface area contributed by atoms with E-state index in [2.05, 4.69) is 15.3 Å². The number of nitrogens with one attached hydrogen (secondary N) is 1. The number of benzene rings is 1. The van der Waals surface area contributed by atoms with Gasteiger partial charge >= 0.3 is 0 Å². The van der Waals surface area contributed by atoms with E-state index in [1.54, 1.807) is 19.3 Å². The summed E-state index contributed by atoms with van der Waals surface area (Å²) in [5.41, 5.74) is 2.19. The van der Waals surface area contributed by atoms with Gasteiger partial charge in [0.15, 0.2) is 0 Å². The van der Waals surface area contributed by atoms with Crippen LogP contribution in [0.1, 0.15) is 11.5 Å². The monoisotopic (exact) mass is 293 g/mol. The van der Waals surface area contributed by atoms with Gasteiger partial charge in [-0.1, -0.05) is 18.2 Å². The van der Waals surface area contributed by atoms with E-state index in [1.807, 2.05) is 42.5 Å². The van der Waals surface area contributed by atoms with Gasteiger partial charge in [-0.3, -0.25) is 9.78 Å². The maximum atomic E-state index is 12.1. The van der Waals surface area contributed by atoms with Crippen molar-refractivity contribution in [3.63, 3.8) is 0 Å². The molecule has 0 unspecified atom stereocenters. The molecule has 3 aromatic rings. The zero-order chi connectivity index (χ0) is 15.4. The van der Waals surface area contributed by atoms with E-state index in [-0.39, 0.29) is 12.3 Å². The van der Waals surface area contributed by atoms with Crippen LogP contribution in [0.5, 0.6) is 0 Å². The molecule has 110 valence electrons. The first kappa shape index (κ1) is 14.0. The Morgan fingerprint density at radius 3 is 2.73 bits per heavy atom. The molecule has 0 aliphatic rings. The van der Waals surface area contributed by atoms with Gasteiger partial charge in [0.1, 0.15) is 5.76 Å². The third kappa shape index (κ3) is 3.20. The van der Waals surface area contributed by atoms with Crippen LogP contribution in [0.4, 0.5) is 5.69 Å². The molecular formula is C17H15N3O2. The van der Waals surface area contributed by atoms with Crippen LogP contribution in [0, 0.1) is 6.92 Å². The predicted octanol–water partition coefficient (Wildman–Crippen LogP) is 3.23. The number of amides is 1. The zero-order valence-corrected chi connectivity index (χ0v) is 12.1. The van der Waals surface area contributed by atoms with Crippen molar-refractivity contribution in [3.05, 3.63) is 66.3 Å². The summed E-state index contributed by atoms with van der Waals surface area (Å²) in [5, 5.41) is 2.83. The Kier molecular flexibility index (Phi) is 3.96. The first-order valence-electron chi connectivity index (χ1n) is 6.94. The molecule has 1 amide bonds. The highest BCUT2D eigenvalue weighted by Gasteiger charge is 2.14. The molecule has 0 bridgehead atoms. The number of pyridine rings is 1. The van der Waals surface area contributed by atoms with Gasteiger partial charge in [-0.15, -0.1) is 0 Å². The zero-order valence-electron chi connectivity index (χ0n) is 12.1. The Bertz CT molecular complexity index is 767. The van der Waals surface area contributed by atoms with Gasteiger partial charge in [0.2, 0.25) is 11.8 Å². The molecule has 1 N–H and O–H groups in total. The lowest BCUT2D eigenvalue weighted by atomic mass is 10.2. The summed E-state index contributed by atoms with van der Waals surface area (Å²) in [5.74, 6) is 0.996. The number of rotatable bonds is 4. The molecule has 1 aromatic carbocycles. The fraction of sp³-hybridized carbons (Fsp3) is 0.118. The number of hydrogen-bond acceptors (Lipinski definition) is 4. The molecule has 5 heteroatoms. The molecule has 0 spiro atoms. The van der Waals surface area contributed by atoms with E-state index in [4.69, 9.17) is 4.42 Å². The van der Waals surface area contributed by atoms with Crippen LogP contribution in [0.2, 0.25) is 0 Å². The summed E-state index contributed by atoms with van der Waals surface area (Å²) in [4.78, 5) is 20.5. The van der Waals surface area contributed by atoms with E-state index in [0.717, 1.165) is 11.3 Å². The molecule has 0 saturated carbocycles. The average Bonchev–Trinajstić information content (AvgIpc) is 2.90. The minimum absolute atomic E-state index is 0.125. The average molecular weight is 293 g/mol. The van der Waals surface area contributed by atoms with E-state index in [0.29, 0.717) is 17.3 Å².